The maximum atomic E-state index is 13.8. The zero-order valence-electron chi connectivity index (χ0n) is 11.4. The molecule has 2 rings (SSSR count). The molecule has 0 aliphatic rings. The van der Waals surface area contributed by atoms with Crippen LogP contribution in [0.4, 0.5) is 10.1 Å². The second-order valence-corrected chi connectivity index (χ2v) is 6.27. The van der Waals surface area contributed by atoms with E-state index in [0.29, 0.717) is 10.9 Å². The summed E-state index contributed by atoms with van der Waals surface area (Å²) in [6, 6.07) is 1.57. The molecule has 20 heavy (non-hydrogen) atoms. The molecule has 0 radical (unpaired) electrons. The fourth-order valence-electron chi connectivity index (χ4n) is 1.85. The summed E-state index contributed by atoms with van der Waals surface area (Å²) in [5.74, 6) is -1.02. The predicted molar refractivity (Wildman–Crippen MR) is 77.6 cm³/mol. The first-order valence-corrected chi connectivity index (χ1v) is 6.79. The number of hydrogen-bond acceptors (Lipinski definition) is 4. The lowest BCUT2D eigenvalue weighted by molar-refractivity contribution is -0.155. The average Bonchev–Trinajstić information content (AvgIpc) is 2.66. The second-order valence-electron chi connectivity index (χ2n) is 5.41. The second kappa shape index (κ2) is 5.05. The van der Waals surface area contributed by atoms with Crippen LogP contribution in [0.3, 0.4) is 0 Å². The summed E-state index contributed by atoms with van der Waals surface area (Å²) in [7, 11) is 0. The van der Waals surface area contributed by atoms with Crippen LogP contribution in [0.25, 0.3) is 10.9 Å². The number of halogens is 2. The maximum Gasteiger partial charge on any atom is 0.328 e. The Hall–Kier alpha value is -1.63. The number of esters is 1. The topological polar surface area (TPSA) is 70.1 Å². The number of nitrogen functional groups attached to an aromatic ring is 1. The molecule has 7 heteroatoms. The number of carbonyl (C=O) groups is 1. The van der Waals surface area contributed by atoms with Gasteiger partial charge >= 0.3 is 5.97 Å². The smallest absolute Gasteiger partial charge is 0.328 e. The molecule has 108 valence electrons. The van der Waals surface area contributed by atoms with Crippen LogP contribution < -0.4 is 5.73 Å². The zero-order valence-corrected chi connectivity index (χ0v) is 13.0. The van der Waals surface area contributed by atoms with E-state index in [2.05, 4.69) is 21.0 Å². The van der Waals surface area contributed by atoms with E-state index in [1.807, 2.05) is 0 Å². The van der Waals surface area contributed by atoms with Crippen LogP contribution in [-0.4, -0.2) is 21.4 Å². The highest BCUT2D eigenvalue weighted by Gasteiger charge is 2.19. The Bertz CT molecular complexity index is 676. The van der Waals surface area contributed by atoms with Crippen LogP contribution in [0.5, 0.6) is 0 Å². The first kappa shape index (κ1) is 14.8. The number of hydrogen-bond donors (Lipinski definition) is 1. The lowest BCUT2D eigenvalue weighted by Gasteiger charge is -2.19. The van der Waals surface area contributed by atoms with Crippen molar-refractivity contribution in [2.45, 2.75) is 32.9 Å². The van der Waals surface area contributed by atoms with Gasteiger partial charge in [0, 0.05) is 5.39 Å². The summed E-state index contributed by atoms with van der Waals surface area (Å²) in [6.07, 6.45) is 1.53. The van der Waals surface area contributed by atoms with Crippen molar-refractivity contribution in [3.05, 3.63) is 22.6 Å². The summed E-state index contributed by atoms with van der Waals surface area (Å²) in [6.45, 7) is 5.21. The van der Waals surface area contributed by atoms with Crippen LogP contribution >= 0.6 is 15.9 Å². The highest BCUT2D eigenvalue weighted by atomic mass is 79.9. The Morgan fingerprint density at radius 3 is 2.80 bits per heavy atom. The Morgan fingerprint density at radius 2 is 2.20 bits per heavy atom. The average molecular weight is 344 g/mol. The first-order valence-electron chi connectivity index (χ1n) is 6.00. The molecule has 0 fully saturated rings. The Labute approximate surface area is 124 Å². The number of rotatable bonds is 2. The normalized spacial score (nSPS) is 11.8. The van der Waals surface area contributed by atoms with Gasteiger partial charge in [-0.05, 0) is 42.8 Å². The van der Waals surface area contributed by atoms with Crippen LogP contribution in [0, 0.1) is 5.82 Å². The van der Waals surface area contributed by atoms with Crippen molar-refractivity contribution in [1.82, 2.24) is 9.78 Å². The number of aromatic nitrogens is 2. The lowest BCUT2D eigenvalue weighted by atomic mass is 10.2. The third-order valence-electron chi connectivity index (χ3n) is 2.55. The molecule has 2 N–H and O–H groups in total. The molecule has 0 aliphatic carbocycles. The van der Waals surface area contributed by atoms with Crippen molar-refractivity contribution < 1.29 is 13.9 Å². The Morgan fingerprint density at radius 1 is 1.55 bits per heavy atom. The molecule has 0 aliphatic heterocycles. The van der Waals surface area contributed by atoms with Crippen molar-refractivity contribution in [3.63, 3.8) is 0 Å². The van der Waals surface area contributed by atoms with E-state index in [0.717, 1.165) is 0 Å². The van der Waals surface area contributed by atoms with Gasteiger partial charge in [0.15, 0.2) is 5.82 Å². The largest absolute Gasteiger partial charge is 0.459 e. The summed E-state index contributed by atoms with van der Waals surface area (Å²) in [4.78, 5) is 11.8. The molecule has 1 aromatic heterocycles. The fourth-order valence-corrected chi connectivity index (χ4v) is 2.31. The Kier molecular flexibility index (Phi) is 3.73. The first-order chi connectivity index (χ1) is 9.19. The quantitative estimate of drug-likeness (QED) is 0.672. The fraction of sp³-hybridized carbons (Fsp3) is 0.385. The summed E-state index contributed by atoms with van der Waals surface area (Å²) in [5.41, 5.74) is 5.51. The number of ether oxygens (including phenoxy) is 1. The Balaban J connectivity index is 2.37. The summed E-state index contributed by atoms with van der Waals surface area (Å²) >= 11 is 3.08. The van der Waals surface area contributed by atoms with Crippen molar-refractivity contribution >= 4 is 38.5 Å². The molecular formula is C13H15BrFN3O2. The number of fused-ring (bicyclic) bond motifs is 1. The summed E-state index contributed by atoms with van der Waals surface area (Å²) in [5, 5.41) is 4.71. The van der Waals surface area contributed by atoms with Gasteiger partial charge in [0.1, 0.15) is 12.1 Å². The summed E-state index contributed by atoms with van der Waals surface area (Å²) < 4.78 is 20.6. The maximum absolute atomic E-state index is 13.8. The molecule has 0 bridgehead atoms. The van der Waals surface area contributed by atoms with Crippen LogP contribution in [-0.2, 0) is 16.1 Å². The number of carbonyl (C=O) groups excluding carboxylic acids is 1. The monoisotopic (exact) mass is 343 g/mol. The van der Waals surface area contributed by atoms with Crippen molar-refractivity contribution in [1.29, 1.82) is 0 Å². The van der Waals surface area contributed by atoms with Gasteiger partial charge in [-0.3, -0.25) is 9.48 Å². The molecular weight excluding hydrogens is 329 g/mol. The minimum atomic E-state index is -0.583. The third kappa shape index (κ3) is 2.92. The molecule has 1 heterocycles. The van der Waals surface area contributed by atoms with Gasteiger partial charge in [0.25, 0.3) is 0 Å². The van der Waals surface area contributed by atoms with E-state index in [-0.39, 0.29) is 16.7 Å². The van der Waals surface area contributed by atoms with E-state index in [1.54, 1.807) is 26.8 Å². The van der Waals surface area contributed by atoms with E-state index in [9.17, 15) is 9.18 Å². The van der Waals surface area contributed by atoms with E-state index < -0.39 is 17.4 Å². The minimum absolute atomic E-state index is 0.0459. The van der Waals surface area contributed by atoms with Crippen LogP contribution in [0.15, 0.2) is 16.7 Å². The molecule has 0 saturated heterocycles. The molecule has 5 nitrogen and oxygen atoms in total. The van der Waals surface area contributed by atoms with Crippen molar-refractivity contribution in [2.24, 2.45) is 0 Å². The van der Waals surface area contributed by atoms with Crippen LogP contribution in [0.2, 0.25) is 0 Å². The molecule has 2 aromatic rings. The van der Waals surface area contributed by atoms with Gasteiger partial charge in [0.05, 0.1) is 21.9 Å². The number of nitrogens with two attached hydrogens (primary N) is 1. The molecule has 0 atom stereocenters. The van der Waals surface area contributed by atoms with Gasteiger partial charge in [0.2, 0.25) is 0 Å². The third-order valence-corrected chi connectivity index (χ3v) is 3.13. The van der Waals surface area contributed by atoms with Gasteiger partial charge in [-0.2, -0.15) is 5.10 Å². The van der Waals surface area contributed by atoms with Gasteiger partial charge in [-0.1, -0.05) is 0 Å². The molecule has 0 saturated carbocycles. The van der Waals surface area contributed by atoms with Crippen molar-refractivity contribution in [3.8, 4) is 0 Å². The number of benzene rings is 1. The molecule has 0 amide bonds. The van der Waals surface area contributed by atoms with E-state index in [4.69, 9.17) is 10.5 Å². The van der Waals surface area contributed by atoms with Crippen molar-refractivity contribution in [2.75, 3.05) is 5.73 Å². The predicted octanol–water partition coefficient (Wildman–Crippen LogP) is 2.86. The standard InChI is InChI=1S/C13H15BrFN3O2/c1-13(2,3)20-9(19)6-18-12-7(5-17-18)4-8(14)10(15)11(12)16/h4-5H,6,16H2,1-3H3. The number of anilines is 1. The van der Waals surface area contributed by atoms with E-state index in [1.165, 1.54) is 10.9 Å². The minimum Gasteiger partial charge on any atom is -0.459 e. The molecule has 0 unspecified atom stereocenters. The molecule has 0 spiro atoms. The van der Waals surface area contributed by atoms with Crippen LogP contribution in [0.1, 0.15) is 20.8 Å². The molecule has 1 aromatic carbocycles. The highest BCUT2D eigenvalue weighted by molar-refractivity contribution is 9.10. The zero-order chi connectivity index (χ0) is 15.1. The highest BCUT2D eigenvalue weighted by Crippen LogP contribution is 2.30. The van der Waals surface area contributed by atoms with Gasteiger partial charge in [-0.25, -0.2) is 4.39 Å². The van der Waals surface area contributed by atoms with Gasteiger partial charge < -0.3 is 10.5 Å². The lowest BCUT2D eigenvalue weighted by Crippen LogP contribution is -2.26. The number of nitrogens with zero attached hydrogens (tertiary/aromatic N) is 2. The SMILES string of the molecule is CC(C)(C)OC(=O)Cn1ncc2cc(Br)c(F)c(N)c21. The van der Waals surface area contributed by atoms with E-state index >= 15 is 0 Å². The van der Waals surface area contributed by atoms with Gasteiger partial charge in [-0.15, -0.1) is 0 Å².